The first-order valence-corrected chi connectivity index (χ1v) is 12.9. The molecule has 200 valence electrons. The summed E-state index contributed by atoms with van der Waals surface area (Å²) in [5.41, 5.74) is 1.75. The summed E-state index contributed by atoms with van der Waals surface area (Å²) in [6.45, 7) is 5.92. The number of rotatable bonds is 18. The fraction of sp³-hybridized carbons (Fsp3) is 0.433. The Hall–Kier alpha value is -3.45. The van der Waals surface area contributed by atoms with Gasteiger partial charge in [-0.25, -0.2) is 4.79 Å². The second kappa shape index (κ2) is 17.9. The average Bonchev–Trinajstić information content (AvgIpc) is 2.93. The Balaban J connectivity index is 2.08. The van der Waals surface area contributed by atoms with Crippen LogP contribution in [0.4, 0.5) is 4.79 Å². The zero-order valence-corrected chi connectivity index (χ0v) is 21.7. The number of Topliss-reactive ketones (excluding diaryl/α,β-unsaturated/α-hetero) is 1. The van der Waals surface area contributed by atoms with Gasteiger partial charge < -0.3 is 19.5 Å². The van der Waals surface area contributed by atoms with Gasteiger partial charge in [-0.15, -0.1) is 0 Å². The quantitative estimate of drug-likeness (QED) is 0.119. The lowest BCUT2D eigenvalue weighted by Gasteiger charge is -2.22. The minimum Gasteiger partial charge on any atom is -0.461 e. The summed E-state index contributed by atoms with van der Waals surface area (Å²) in [5, 5.41) is 2.61. The number of amides is 1. The maximum Gasteiger partial charge on any atom is 0.408 e. The molecule has 0 aliphatic heterocycles. The summed E-state index contributed by atoms with van der Waals surface area (Å²) in [6.07, 6.45) is 5.89. The third-order valence-electron chi connectivity index (χ3n) is 5.81. The molecule has 7 heteroatoms. The second-order valence-corrected chi connectivity index (χ2v) is 8.84. The fourth-order valence-corrected chi connectivity index (χ4v) is 3.78. The third kappa shape index (κ3) is 11.9. The van der Waals surface area contributed by atoms with E-state index < -0.39 is 29.8 Å². The molecule has 2 atom stereocenters. The van der Waals surface area contributed by atoms with Crippen molar-refractivity contribution in [2.24, 2.45) is 5.92 Å². The van der Waals surface area contributed by atoms with Gasteiger partial charge in [0.1, 0.15) is 25.2 Å². The van der Waals surface area contributed by atoms with E-state index in [0.717, 1.165) is 36.8 Å². The number of nitrogens with one attached hydrogen (secondary N) is 1. The van der Waals surface area contributed by atoms with Gasteiger partial charge in [-0.05, 0) is 17.5 Å². The van der Waals surface area contributed by atoms with Crippen LogP contribution in [0.2, 0.25) is 0 Å². The molecule has 0 heterocycles. The van der Waals surface area contributed by atoms with Gasteiger partial charge in [-0.2, -0.15) is 0 Å². The molecule has 2 rings (SSSR count). The molecule has 2 aromatic rings. The highest BCUT2D eigenvalue weighted by atomic mass is 16.5. The van der Waals surface area contributed by atoms with Crippen LogP contribution in [-0.2, 0) is 37.0 Å². The van der Waals surface area contributed by atoms with Crippen LogP contribution < -0.4 is 5.32 Å². The van der Waals surface area contributed by atoms with Crippen LogP contribution >= 0.6 is 0 Å². The minimum atomic E-state index is -1.07. The summed E-state index contributed by atoms with van der Waals surface area (Å²) in [7, 11) is 0. The van der Waals surface area contributed by atoms with Gasteiger partial charge in [0.2, 0.25) is 0 Å². The van der Waals surface area contributed by atoms with Crippen molar-refractivity contribution in [1.82, 2.24) is 5.32 Å². The Morgan fingerprint density at radius 2 is 1.49 bits per heavy atom. The number of unbranched alkanes of at least 4 members (excludes halogenated alkanes) is 4. The number of ether oxygens (including phenoxy) is 3. The molecule has 1 unspecified atom stereocenters. The standard InChI is InChI=1S/C30H39NO6/c1-3-5-6-7-14-19-26(29(33)36-20-4-2)28(32)27(23-35-21-24-15-10-8-11-16-24)31-30(34)37-22-25-17-12-9-13-18-25/h4,8-13,15-18,26-27H,2-3,5-7,14,19-23H2,1H3,(H,31,34)/t26?,27-/m0/s1. The van der Waals surface area contributed by atoms with Gasteiger partial charge in [-0.3, -0.25) is 9.59 Å². The summed E-state index contributed by atoms with van der Waals surface area (Å²) in [4.78, 5) is 38.9. The van der Waals surface area contributed by atoms with Gasteiger partial charge in [-0.1, -0.05) is 112 Å². The molecule has 0 fully saturated rings. The van der Waals surface area contributed by atoms with Crippen LogP contribution in [0, 0.1) is 5.92 Å². The van der Waals surface area contributed by atoms with Gasteiger partial charge in [0.15, 0.2) is 5.78 Å². The lowest BCUT2D eigenvalue weighted by atomic mass is 9.92. The number of benzene rings is 2. The predicted octanol–water partition coefficient (Wildman–Crippen LogP) is 5.77. The van der Waals surface area contributed by atoms with Crippen LogP contribution in [0.15, 0.2) is 73.3 Å². The van der Waals surface area contributed by atoms with E-state index in [9.17, 15) is 14.4 Å². The van der Waals surface area contributed by atoms with Crippen LogP contribution in [0.5, 0.6) is 0 Å². The number of ketones is 1. The highest BCUT2D eigenvalue weighted by Crippen LogP contribution is 2.17. The molecular formula is C30H39NO6. The zero-order chi connectivity index (χ0) is 26.7. The molecule has 2 aromatic carbocycles. The van der Waals surface area contributed by atoms with Crippen molar-refractivity contribution in [3.8, 4) is 0 Å². The monoisotopic (exact) mass is 509 g/mol. The molecule has 0 bridgehead atoms. The molecule has 1 amide bonds. The van der Waals surface area contributed by atoms with E-state index >= 15 is 0 Å². The van der Waals surface area contributed by atoms with Crippen molar-refractivity contribution in [3.05, 3.63) is 84.4 Å². The van der Waals surface area contributed by atoms with E-state index in [2.05, 4.69) is 18.8 Å². The van der Waals surface area contributed by atoms with E-state index in [4.69, 9.17) is 14.2 Å². The van der Waals surface area contributed by atoms with Crippen molar-refractivity contribution in [2.45, 2.75) is 64.7 Å². The first kappa shape index (κ1) is 29.8. The van der Waals surface area contributed by atoms with Crippen LogP contribution in [0.1, 0.15) is 56.6 Å². The molecular weight excluding hydrogens is 470 g/mol. The Morgan fingerprint density at radius 1 is 0.865 bits per heavy atom. The van der Waals surface area contributed by atoms with E-state index in [1.54, 1.807) is 0 Å². The largest absolute Gasteiger partial charge is 0.461 e. The number of hydrogen-bond acceptors (Lipinski definition) is 6. The van der Waals surface area contributed by atoms with E-state index in [1.807, 2.05) is 60.7 Å². The third-order valence-corrected chi connectivity index (χ3v) is 5.81. The smallest absolute Gasteiger partial charge is 0.408 e. The molecule has 0 aliphatic carbocycles. The Labute approximate surface area is 220 Å². The highest BCUT2D eigenvalue weighted by Gasteiger charge is 2.34. The van der Waals surface area contributed by atoms with E-state index in [0.29, 0.717) is 12.8 Å². The molecule has 0 saturated carbocycles. The highest BCUT2D eigenvalue weighted by molar-refractivity contribution is 6.02. The first-order chi connectivity index (χ1) is 18.0. The lowest BCUT2D eigenvalue weighted by Crippen LogP contribution is -2.48. The van der Waals surface area contributed by atoms with E-state index in [-0.39, 0.29) is 26.4 Å². The second-order valence-electron chi connectivity index (χ2n) is 8.84. The maximum absolute atomic E-state index is 13.5. The summed E-state index contributed by atoms with van der Waals surface area (Å²) < 4.78 is 16.3. The lowest BCUT2D eigenvalue weighted by molar-refractivity contribution is -0.152. The minimum absolute atomic E-state index is 0.0141. The summed E-state index contributed by atoms with van der Waals surface area (Å²) >= 11 is 0. The van der Waals surface area contributed by atoms with Crippen LogP contribution in [0.3, 0.4) is 0 Å². The van der Waals surface area contributed by atoms with Crippen molar-refractivity contribution < 1.29 is 28.6 Å². The van der Waals surface area contributed by atoms with Crippen molar-refractivity contribution in [3.63, 3.8) is 0 Å². The fourth-order valence-electron chi connectivity index (χ4n) is 3.78. The predicted molar refractivity (Wildman–Crippen MR) is 143 cm³/mol. The number of carbonyl (C=O) groups is 3. The maximum atomic E-state index is 13.5. The Morgan fingerprint density at radius 3 is 2.11 bits per heavy atom. The number of hydrogen-bond donors (Lipinski definition) is 1. The number of carbonyl (C=O) groups excluding carboxylic acids is 3. The summed E-state index contributed by atoms with van der Waals surface area (Å²) in [6, 6.07) is 17.7. The topological polar surface area (TPSA) is 90.9 Å². The Kier molecular flexibility index (Phi) is 14.4. The average molecular weight is 510 g/mol. The SMILES string of the molecule is C=CCOC(=O)C(CCCCCCC)C(=O)[C@H](COCc1ccccc1)NC(=O)OCc1ccccc1. The van der Waals surface area contributed by atoms with Crippen LogP contribution in [-0.4, -0.2) is 37.1 Å². The Bertz CT molecular complexity index is 947. The van der Waals surface area contributed by atoms with E-state index in [1.165, 1.54) is 6.08 Å². The molecule has 37 heavy (non-hydrogen) atoms. The van der Waals surface area contributed by atoms with Crippen molar-refractivity contribution in [1.29, 1.82) is 0 Å². The normalized spacial score (nSPS) is 12.2. The first-order valence-electron chi connectivity index (χ1n) is 12.9. The molecule has 1 N–H and O–H groups in total. The van der Waals surface area contributed by atoms with Crippen molar-refractivity contribution >= 4 is 17.8 Å². The molecule has 0 spiro atoms. The molecule has 7 nitrogen and oxygen atoms in total. The molecule has 0 aromatic heterocycles. The van der Waals surface area contributed by atoms with Crippen LogP contribution in [0.25, 0.3) is 0 Å². The van der Waals surface area contributed by atoms with Gasteiger partial charge in [0.05, 0.1) is 13.2 Å². The molecule has 0 aliphatic rings. The zero-order valence-electron chi connectivity index (χ0n) is 21.7. The number of esters is 1. The van der Waals surface area contributed by atoms with Gasteiger partial charge in [0, 0.05) is 0 Å². The number of alkyl carbamates (subject to hydrolysis) is 1. The molecule has 0 radical (unpaired) electrons. The van der Waals surface area contributed by atoms with Crippen molar-refractivity contribution in [2.75, 3.05) is 13.2 Å². The van der Waals surface area contributed by atoms with Gasteiger partial charge in [0.25, 0.3) is 0 Å². The summed E-state index contributed by atoms with van der Waals surface area (Å²) in [5.74, 6) is -2.08. The molecule has 0 saturated heterocycles. The van der Waals surface area contributed by atoms with Gasteiger partial charge >= 0.3 is 12.1 Å².